The number of rotatable bonds is 2. The lowest BCUT2D eigenvalue weighted by molar-refractivity contribution is -0.142. The maximum absolute atomic E-state index is 12.4. The normalized spacial score (nSPS) is 26.2. The molecule has 0 saturated carbocycles. The molecule has 0 aliphatic carbocycles. The number of fused-ring (bicyclic) bond motifs is 1. The van der Waals surface area contributed by atoms with E-state index in [0.717, 1.165) is 5.56 Å². The lowest BCUT2D eigenvalue weighted by Gasteiger charge is -2.39. The maximum atomic E-state index is 12.4. The highest BCUT2D eigenvalue weighted by atomic mass is 16.2. The van der Waals surface area contributed by atoms with E-state index in [2.05, 4.69) is 5.43 Å². The van der Waals surface area contributed by atoms with Crippen LogP contribution < -0.4 is 5.43 Å². The minimum atomic E-state index is -0.428. The number of carbonyl (C=O) groups is 2. The van der Waals surface area contributed by atoms with Crippen LogP contribution in [0.3, 0.4) is 0 Å². The highest BCUT2D eigenvalue weighted by Gasteiger charge is 2.46. The van der Waals surface area contributed by atoms with Crippen LogP contribution in [0.15, 0.2) is 30.3 Å². The quantitative estimate of drug-likeness (QED) is 0.860. The van der Waals surface area contributed by atoms with Crippen molar-refractivity contribution in [2.24, 2.45) is 0 Å². The molecule has 2 saturated heterocycles. The average molecular weight is 274 g/mol. The molecule has 3 amide bonds. The second kappa shape index (κ2) is 4.79. The van der Waals surface area contributed by atoms with Crippen molar-refractivity contribution in [1.29, 1.82) is 0 Å². The van der Waals surface area contributed by atoms with Crippen molar-refractivity contribution in [2.45, 2.75) is 25.7 Å². The highest BCUT2D eigenvalue weighted by molar-refractivity contribution is 5.89. The molecule has 2 aliphatic rings. The number of urea groups is 1. The molecule has 106 valence electrons. The van der Waals surface area contributed by atoms with Crippen LogP contribution in [0.25, 0.3) is 0 Å². The fraction of sp³-hybridized carbons (Fsp3) is 0.429. The number of nitrogens with zero attached hydrogens (tertiary/aromatic N) is 3. The van der Waals surface area contributed by atoms with Crippen molar-refractivity contribution < 1.29 is 9.59 Å². The molecule has 0 bridgehead atoms. The van der Waals surface area contributed by atoms with E-state index in [1.165, 1.54) is 5.01 Å². The first kappa shape index (κ1) is 12.9. The molecule has 2 fully saturated rings. The van der Waals surface area contributed by atoms with Gasteiger partial charge in [-0.2, -0.15) is 0 Å². The molecule has 1 aromatic rings. The van der Waals surface area contributed by atoms with Gasteiger partial charge in [0.1, 0.15) is 12.2 Å². The van der Waals surface area contributed by atoms with Gasteiger partial charge < -0.3 is 4.90 Å². The van der Waals surface area contributed by atoms with Gasteiger partial charge in [0.2, 0.25) is 5.91 Å². The first-order valence-corrected chi connectivity index (χ1v) is 6.73. The molecular weight excluding hydrogens is 256 g/mol. The zero-order valence-electron chi connectivity index (χ0n) is 11.6. The summed E-state index contributed by atoms with van der Waals surface area (Å²) in [5.74, 6) is -0.00412. The lowest BCUT2D eigenvalue weighted by Crippen LogP contribution is -2.61. The van der Waals surface area contributed by atoms with E-state index in [1.807, 2.05) is 30.3 Å². The van der Waals surface area contributed by atoms with E-state index in [9.17, 15) is 9.59 Å². The molecule has 6 nitrogen and oxygen atoms in total. The standard InChI is InChI=1S/C14H18N4O2/c1-10-13(19)17(8-11-6-4-3-5-7-11)9-12-15-16(2)14(20)18(10)12/h3-7,10,12,15H,8-9H2,1-2H3. The predicted octanol–water partition coefficient (Wildman–Crippen LogP) is 0.615. The van der Waals surface area contributed by atoms with Crippen LogP contribution in [-0.2, 0) is 11.3 Å². The van der Waals surface area contributed by atoms with E-state index in [-0.39, 0.29) is 18.1 Å². The van der Waals surface area contributed by atoms with E-state index < -0.39 is 6.04 Å². The smallest absolute Gasteiger partial charge is 0.333 e. The van der Waals surface area contributed by atoms with Crippen molar-refractivity contribution in [3.05, 3.63) is 35.9 Å². The van der Waals surface area contributed by atoms with Gasteiger partial charge in [0.05, 0.1) is 6.54 Å². The summed E-state index contributed by atoms with van der Waals surface area (Å²) in [6, 6.07) is 9.32. The van der Waals surface area contributed by atoms with Crippen molar-refractivity contribution in [3.63, 3.8) is 0 Å². The number of hydrogen-bond acceptors (Lipinski definition) is 3. The number of carbonyl (C=O) groups excluding carboxylic acids is 2. The number of piperazine rings is 1. The van der Waals surface area contributed by atoms with Gasteiger partial charge in [0.15, 0.2) is 0 Å². The van der Waals surface area contributed by atoms with Gasteiger partial charge in [-0.3, -0.25) is 14.7 Å². The summed E-state index contributed by atoms with van der Waals surface area (Å²) in [7, 11) is 1.68. The van der Waals surface area contributed by atoms with Gasteiger partial charge in [0.25, 0.3) is 0 Å². The zero-order chi connectivity index (χ0) is 14.3. The van der Waals surface area contributed by atoms with Crippen LogP contribution in [0, 0.1) is 0 Å². The third-order valence-electron chi connectivity index (χ3n) is 3.88. The molecule has 2 heterocycles. The Balaban J connectivity index is 1.78. The van der Waals surface area contributed by atoms with Gasteiger partial charge in [0, 0.05) is 13.6 Å². The molecule has 1 N–H and O–H groups in total. The Hall–Kier alpha value is -2.08. The topological polar surface area (TPSA) is 55.9 Å². The first-order chi connectivity index (χ1) is 9.58. The third-order valence-corrected chi connectivity index (χ3v) is 3.88. The van der Waals surface area contributed by atoms with Gasteiger partial charge >= 0.3 is 6.03 Å². The lowest BCUT2D eigenvalue weighted by atomic mass is 10.1. The molecule has 0 aromatic heterocycles. The largest absolute Gasteiger partial charge is 0.336 e. The van der Waals surface area contributed by atoms with Crippen molar-refractivity contribution in [3.8, 4) is 0 Å². The summed E-state index contributed by atoms with van der Waals surface area (Å²) in [5, 5.41) is 1.44. The second-order valence-corrected chi connectivity index (χ2v) is 5.27. The Kier molecular flexibility index (Phi) is 3.10. The maximum Gasteiger partial charge on any atom is 0.336 e. The fourth-order valence-electron chi connectivity index (χ4n) is 2.84. The van der Waals surface area contributed by atoms with Crippen LogP contribution in [-0.4, -0.2) is 52.5 Å². The minimum Gasteiger partial charge on any atom is -0.333 e. The Morgan fingerprint density at radius 1 is 1.25 bits per heavy atom. The number of benzene rings is 1. The molecule has 3 rings (SSSR count). The van der Waals surface area contributed by atoms with Crippen LogP contribution in [0.5, 0.6) is 0 Å². The zero-order valence-corrected chi connectivity index (χ0v) is 11.6. The Labute approximate surface area is 117 Å². The summed E-state index contributed by atoms with van der Waals surface area (Å²) in [6.45, 7) is 2.87. The van der Waals surface area contributed by atoms with E-state index in [1.54, 1.807) is 23.8 Å². The van der Waals surface area contributed by atoms with Crippen molar-refractivity contribution >= 4 is 11.9 Å². The summed E-state index contributed by atoms with van der Waals surface area (Å²) in [6.07, 6.45) is -0.135. The number of amides is 3. The fourth-order valence-corrected chi connectivity index (χ4v) is 2.84. The number of hydrogen-bond donors (Lipinski definition) is 1. The van der Waals surface area contributed by atoms with E-state index in [0.29, 0.717) is 13.1 Å². The Morgan fingerprint density at radius 3 is 2.65 bits per heavy atom. The molecule has 2 aliphatic heterocycles. The Morgan fingerprint density at radius 2 is 1.95 bits per heavy atom. The molecule has 0 spiro atoms. The van der Waals surface area contributed by atoms with E-state index >= 15 is 0 Å². The molecule has 1 aromatic carbocycles. The first-order valence-electron chi connectivity index (χ1n) is 6.73. The predicted molar refractivity (Wildman–Crippen MR) is 73.2 cm³/mol. The van der Waals surface area contributed by atoms with Crippen molar-refractivity contribution in [1.82, 2.24) is 20.2 Å². The Bertz CT molecular complexity index is 533. The summed E-state index contributed by atoms with van der Waals surface area (Å²) >= 11 is 0. The second-order valence-electron chi connectivity index (χ2n) is 5.27. The average Bonchev–Trinajstić information content (AvgIpc) is 2.72. The molecule has 0 radical (unpaired) electrons. The van der Waals surface area contributed by atoms with Crippen LogP contribution >= 0.6 is 0 Å². The van der Waals surface area contributed by atoms with Crippen LogP contribution in [0.1, 0.15) is 12.5 Å². The number of hydrazine groups is 1. The summed E-state index contributed by atoms with van der Waals surface area (Å²) in [5.41, 5.74) is 4.18. The SMILES string of the molecule is CC1C(=O)N(Cc2ccccc2)CC2NN(C)C(=O)N21. The van der Waals surface area contributed by atoms with Gasteiger partial charge in [-0.05, 0) is 12.5 Å². The highest BCUT2D eigenvalue weighted by Crippen LogP contribution is 2.22. The minimum absolute atomic E-state index is 0.00412. The summed E-state index contributed by atoms with van der Waals surface area (Å²) in [4.78, 5) is 27.8. The van der Waals surface area contributed by atoms with Gasteiger partial charge in [-0.1, -0.05) is 30.3 Å². The van der Waals surface area contributed by atoms with Crippen LogP contribution in [0.4, 0.5) is 4.79 Å². The van der Waals surface area contributed by atoms with E-state index in [4.69, 9.17) is 0 Å². The molecule has 2 atom stereocenters. The molecule has 6 heteroatoms. The van der Waals surface area contributed by atoms with Crippen LogP contribution in [0.2, 0.25) is 0 Å². The monoisotopic (exact) mass is 274 g/mol. The number of nitrogens with one attached hydrogen (secondary N) is 1. The summed E-state index contributed by atoms with van der Waals surface area (Å²) < 4.78 is 0. The molecule has 2 unspecified atom stereocenters. The van der Waals surface area contributed by atoms with Gasteiger partial charge in [-0.15, -0.1) is 0 Å². The van der Waals surface area contributed by atoms with Gasteiger partial charge in [-0.25, -0.2) is 10.2 Å². The molecule has 20 heavy (non-hydrogen) atoms. The van der Waals surface area contributed by atoms with Crippen molar-refractivity contribution in [2.75, 3.05) is 13.6 Å². The third kappa shape index (κ3) is 2.02. The molecular formula is C14H18N4O2.